The van der Waals surface area contributed by atoms with Crippen molar-refractivity contribution in [3.8, 4) is 0 Å². The van der Waals surface area contributed by atoms with E-state index in [4.69, 9.17) is 4.74 Å². The van der Waals surface area contributed by atoms with Crippen molar-refractivity contribution in [3.63, 3.8) is 0 Å². The van der Waals surface area contributed by atoms with Crippen molar-refractivity contribution in [1.82, 2.24) is 10.6 Å². The molecule has 2 N–H and O–H groups in total. The number of hydrogen-bond donors (Lipinski definition) is 2. The lowest BCUT2D eigenvalue weighted by atomic mass is 9.97. The summed E-state index contributed by atoms with van der Waals surface area (Å²) >= 11 is 3.17. The fourth-order valence-corrected chi connectivity index (χ4v) is 3.42. The van der Waals surface area contributed by atoms with Gasteiger partial charge >= 0.3 is 6.09 Å². The van der Waals surface area contributed by atoms with E-state index in [2.05, 4.69) is 26.6 Å². The maximum Gasteiger partial charge on any atom is 0.407 e. The molecule has 25 heavy (non-hydrogen) atoms. The minimum Gasteiger partial charge on any atom is -0.444 e. The molecule has 0 saturated heterocycles. The summed E-state index contributed by atoms with van der Waals surface area (Å²) in [6, 6.07) is 5.30. The molecule has 1 amide bonds. The third-order valence-corrected chi connectivity index (χ3v) is 5.03. The first kappa shape index (κ1) is 20.2. The molecule has 0 heterocycles. The van der Waals surface area contributed by atoms with Gasteiger partial charge in [0.05, 0.1) is 4.47 Å². The number of halogens is 2. The molecular formula is C19H28BrFN2O2. The monoisotopic (exact) mass is 414 g/mol. The van der Waals surface area contributed by atoms with Gasteiger partial charge in [-0.15, -0.1) is 0 Å². The molecule has 0 radical (unpaired) electrons. The van der Waals surface area contributed by atoms with Gasteiger partial charge in [0.25, 0.3) is 0 Å². The minimum atomic E-state index is -0.505. The first-order valence-corrected chi connectivity index (χ1v) is 9.68. The molecule has 0 aromatic heterocycles. The second kappa shape index (κ2) is 8.99. The zero-order valence-corrected chi connectivity index (χ0v) is 16.8. The molecule has 0 aliphatic heterocycles. The van der Waals surface area contributed by atoms with Crippen LogP contribution in [-0.2, 0) is 11.3 Å². The Morgan fingerprint density at radius 1 is 1.36 bits per heavy atom. The van der Waals surface area contributed by atoms with Crippen LogP contribution in [-0.4, -0.2) is 24.3 Å². The average molecular weight is 415 g/mol. The molecule has 1 saturated carbocycles. The van der Waals surface area contributed by atoms with Crippen LogP contribution in [0.3, 0.4) is 0 Å². The van der Waals surface area contributed by atoms with Gasteiger partial charge in [0.2, 0.25) is 0 Å². The highest BCUT2D eigenvalue weighted by Crippen LogP contribution is 2.28. The second-order valence-electron chi connectivity index (χ2n) is 7.66. The van der Waals surface area contributed by atoms with Crippen LogP contribution in [0.5, 0.6) is 0 Å². The Bertz CT molecular complexity index is 583. The number of benzene rings is 1. The zero-order valence-electron chi connectivity index (χ0n) is 15.2. The van der Waals surface area contributed by atoms with Gasteiger partial charge in [-0.25, -0.2) is 9.18 Å². The molecule has 1 aromatic rings. The molecular weight excluding hydrogens is 387 g/mol. The smallest absolute Gasteiger partial charge is 0.407 e. The summed E-state index contributed by atoms with van der Waals surface area (Å²) in [5, 5.41) is 6.36. The maximum absolute atomic E-state index is 13.7. The highest BCUT2D eigenvalue weighted by atomic mass is 79.9. The van der Waals surface area contributed by atoms with E-state index in [9.17, 15) is 9.18 Å². The van der Waals surface area contributed by atoms with Gasteiger partial charge in [-0.1, -0.05) is 18.9 Å². The van der Waals surface area contributed by atoms with Crippen molar-refractivity contribution < 1.29 is 13.9 Å². The third kappa shape index (κ3) is 6.94. The fraction of sp³-hybridized carbons (Fsp3) is 0.632. The summed E-state index contributed by atoms with van der Waals surface area (Å²) in [6.07, 6.45) is 4.36. The largest absolute Gasteiger partial charge is 0.444 e. The average Bonchev–Trinajstić information content (AvgIpc) is 3.03. The van der Waals surface area contributed by atoms with Crippen molar-refractivity contribution in [3.05, 3.63) is 34.1 Å². The van der Waals surface area contributed by atoms with E-state index in [1.165, 1.54) is 18.9 Å². The fourth-order valence-electron chi connectivity index (χ4n) is 3.17. The summed E-state index contributed by atoms with van der Waals surface area (Å²) in [5.74, 6) is 0.263. The van der Waals surface area contributed by atoms with Gasteiger partial charge in [-0.3, -0.25) is 0 Å². The van der Waals surface area contributed by atoms with Crippen LogP contribution < -0.4 is 10.6 Å². The van der Waals surface area contributed by atoms with Crippen molar-refractivity contribution >= 4 is 22.0 Å². The van der Waals surface area contributed by atoms with E-state index in [0.29, 0.717) is 23.5 Å². The molecule has 140 valence electrons. The number of ether oxygens (including phenoxy) is 1. The van der Waals surface area contributed by atoms with Crippen LogP contribution in [0.2, 0.25) is 0 Å². The summed E-state index contributed by atoms with van der Waals surface area (Å²) < 4.78 is 19.4. The van der Waals surface area contributed by atoms with Gasteiger partial charge < -0.3 is 15.4 Å². The van der Waals surface area contributed by atoms with Gasteiger partial charge in [0.1, 0.15) is 11.4 Å². The SMILES string of the molecule is CC(C)(C)OC(=O)NCC(NCc1ccc(Br)c(F)c1)C1CCCC1. The predicted octanol–water partition coefficient (Wildman–Crippen LogP) is 4.76. The van der Waals surface area contributed by atoms with Gasteiger partial charge in [-0.05, 0) is 73.2 Å². The summed E-state index contributed by atoms with van der Waals surface area (Å²) in [6.45, 7) is 6.63. The number of nitrogens with one attached hydrogen (secondary N) is 2. The standard InChI is InChI=1S/C19H28BrFN2O2/c1-19(2,3)25-18(24)23-12-17(14-6-4-5-7-14)22-11-13-8-9-15(20)16(21)10-13/h8-10,14,17,22H,4-7,11-12H2,1-3H3,(H,23,24). The number of carbonyl (C=O) groups is 1. The quantitative estimate of drug-likeness (QED) is 0.705. The lowest BCUT2D eigenvalue weighted by Gasteiger charge is -2.26. The van der Waals surface area contributed by atoms with Gasteiger partial charge in [-0.2, -0.15) is 0 Å². The Morgan fingerprint density at radius 2 is 2.04 bits per heavy atom. The maximum atomic E-state index is 13.7. The van der Waals surface area contributed by atoms with Gasteiger partial charge in [0, 0.05) is 19.1 Å². The van der Waals surface area contributed by atoms with E-state index < -0.39 is 11.7 Å². The van der Waals surface area contributed by atoms with Crippen LogP contribution >= 0.6 is 15.9 Å². The van der Waals surface area contributed by atoms with E-state index >= 15 is 0 Å². The normalized spacial score (nSPS) is 16.7. The minimum absolute atomic E-state index is 0.154. The Balaban J connectivity index is 1.91. The molecule has 1 unspecified atom stereocenters. The van der Waals surface area contributed by atoms with Crippen molar-refractivity contribution in [2.24, 2.45) is 5.92 Å². The Hall–Kier alpha value is -1.14. The molecule has 1 atom stereocenters. The van der Waals surface area contributed by atoms with Crippen LogP contribution in [0.4, 0.5) is 9.18 Å². The van der Waals surface area contributed by atoms with Crippen LogP contribution in [0.25, 0.3) is 0 Å². The molecule has 1 aromatic carbocycles. The molecule has 0 spiro atoms. The van der Waals surface area contributed by atoms with Crippen molar-refractivity contribution in [2.45, 2.75) is 64.6 Å². The van der Waals surface area contributed by atoms with Crippen molar-refractivity contribution in [1.29, 1.82) is 0 Å². The highest BCUT2D eigenvalue weighted by Gasteiger charge is 2.26. The first-order chi connectivity index (χ1) is 11.7. The van der Waals surface area contributed by atoms with E-state index in [0.717, 1.165) is 18.4 Å². The lowest BCUT2D eigenvalue weighted by Crippen LogP contribution is -2.45. The second-order valence-corrected chi connectivity index (χ2v) is 8.52. The Labute approximate surface area is 158 Å². The van der Waals surface area contributed by atoms with Crippen molar-refractivity contribution in [2.75, 3.05) is 6.54 Å². The molecule has 0 bridgehead atoms. The van der Waals surface area contributed by atoms with E-state index in [1.807, 2.05) is 26.8 Å². The zero-order chi connectivity index (χ0) is 18.4. The summed E-state index contributed by atoms with van der Waals surface area (Å²) in [4.78, 5) is 11.9. The Morgan fingerprint density at radius 3 is 2.64 bits per heavy atom. The lowest BCUT2D eigenvalue weighted by molar-refractivity contribution is 0.0518. The van der Waals surface area contributed by atoms with Crippen LogP contribution in [0, 0.1) is 11.7 Å². The number of amides is 1. The van der Waals surface area contributed by atoms with E-state index in [1.54, 1.807) is 6.07 Å². The third-order valence-electron chi connectivity index (χ3n) is 4.39. The highest BCUT2D eigenvalue weighted by molar-refractivity contribution is 9.10. The van der Waals surface area contributed by atoms with E-state index in [-0.39, 0.29) is 11.9 Å². The molecule has 6 heteroatoms. The number of alkyl carbamates (subject to hydrolysis) is 1. The summed E-state index contributed by atoms with van der Waals surface area (Å²) in [7, 11) is 0. The summed E-state index contributed by atoms with van der Waals surface area (Å²) in [5.41, 5.74) is 0.385. The van der Waals surface area contributed by atoms with Crippen LogP contribution in [0.15, 0.2) is 22.7 Å². The molecule has 1 aliphatic carbocycles. The first-order valence-electron chi connectivity index (χ1n) is 8.89. The number of carbonyl (C=O) groups excluding carboxylic acids is 1. The predicted molar refractivity (Wildman–Crippen MR) is 101 cm³/mol. The van der Waals surface area contributed by atoms with Gasteiger partial charge in [0.15, 0.2) is 0 Å². The molecule has 1 aliphatic rings. The molecule has 1 fully saturated rings. The number of hydrogen-bond acceptors (Lipinski definition) is 3. The number of rotatable bonds is 6. The molecule has 2 rings (SSSR count). The topological polar surface area (TPSA) is 50.4 Å². The van der Waals surface area contributed by atoms with Crippen LogP contribution in [0.1, 0.15) is 52.0 Å². The molecule has 4 nitrogen and oxygen atoms in total. The Kier molecular flexibility index (Phi) is 7.25.